The zero-order valence-corrected chi connectivity index (χ0v) is 15.5. The summed E-state index contributed by atoms with van der Waals surface area (Å²) in [6, 6.07) is 14.7. The van der Waals surface area contributed by atoms with E-state index in [2.05, 4.69) is 10.3 Å². The Morgan fingerprint density at radius 2 is 1.88 bits per heavy atom. The van der Waals surface area contributed by atoms with E-state index < -0.39 is 5.97 Å². The van der Waals surface area contributed by atoms with E-state index in [1.165, 1.54) is 0 Å². The van der Waals surface area contributed by atoms with Crippen molar-refractivity contribution in [3.05, 3.63) is 58.6 Å². The van der Waals surface area contributed by atoms with Crippen LogP contribution in [0.15, 0.2) is 48.5 Å². The Morgan fingerprint density at radius 3 is 2.65 bits per heavy atom. The lowest BCUT2D eigenvalue weighted by Crippen LogP contribution is -2.20. The Hall–Kier alpha value is -2.44. The number of esters is 1. The zero-order valence-electron chi connectivity index (χ0n) is 13.9. The molecule has 0 aliphatic rings. The molecule has 0 unspecified atom stereocenters. The van der Waals surface area contributed by atoms with Crippen LogP contribution in [0.5, 0.6) is 0 Å². The Bertz CT molecular complexity index is 876. The number of benzene rings is 2. The summed E-state index contributed by atoms with van der Waals surface area (Å²) in [4.78, 5) is 28.1. The molecule has 1 aromatic heterocycles. The number of rotatable bonds is 7. The summed E-state index contributed by atoms with van der Waals surface area (Å²) in [6.07, 6.45) is 1.60. The fourth-order valence-electron chi connectivity index (χ4n) is 2.36. The van der Waals surface area contributed by atoms with Gasteiger partial charge in [0.2, 0.25) is 0 Å². The number of hydrogen-bond acceptors (Lipinski definition) is 5. The quantitative estimate of drug-likeness (QED) is 0.607. The molecule has 0 aliphatic heterocycles. The Kier molecular flexibility index (Phi) is 6.20. The topological polar surface area (TPSA) is 68.3 Å². The highest BCUT2D eigenvalue weighted by Gasteiger charge is 2.09. The number of carbonyl (C=O) groups is 2. The molecule has 0 spiro atoms. The van der Waals surface area contributed by atoms with Crippen LogP contribution in [0.1, 0.15) is 17.8 Å². The Labute approximate surface area is 160 Å². The number of amides is 1. The van der Waals surface area contributed by atoms with Crippen LogP contribution in [-0.2, 0) is 20.7 Å². The Balaban J connectivity index is 1.37. The van der Waals surface area contributed by atoms with E-state index in [-0.39, 0.29) is 18.9 Å². The van der Waals surface area contributed by atoms with E-state index in [1.54, 1.807) is 35.6 Å². The molecule has 3 rings (SSSR count). The number of anilines is 1. The molecule has 0 radical (unpaired) electrons. The highest BCUT2D eigenvalue weighted by atomic mass is 35.5. The largest absolute Gasteiger partial charge is 0.456 e. The maximum absolute atomic E-state index is 11.8. The Morgan fingerprint density at radius 1 is 1.12 bits per heavy atom. The number of nitrogens with zero attached hydrogens (tertiary/aromatic N) is 1. The zero-order chi connectivity index (χ0) is 18.4. The van der Waals surface area contributed by atoms with Gasteiger partial charge in [0, 0.05) is 17.1 Å². The lowest BCUT2D eigenvalue weighted by atomic mass is 10.2. The predicted molar refractivity (Wildman–Crippen MR) is 104 cm³/mol. The van der Waals surface area contributed by atoms with Crippen molar-refractivity contribution in [1.82, 2.24) is 4.98 Å². The van der Waals surface area contributed by atoms with Crippen LogP contribution in [-0.4, -0.2) is 23.5 Å². The molecule has 134 valence electrons. The van der Waals surface area contributed by atoms with Crippen LogP contribution in [0, 0.1) is 0 Å². The number of halogens is 1. The second-order valence-corrected chi connectivity index (χ2v) is 7.20. The molecule has 3 aromatic rings. The first kappa shape index (κ1) is 18.4. The molecule has 26 heavy (non-hydrogen) atoms. The summed E-state index contributed by atoms with van der Waals surface area (Å²) < 4.78 is 6.15. The summed E-state index contributed by atoms with van der Waals surface area (Å²) in [6.45, 7) is -0.303. The number of aryl methyl sites for hydroxylation is 1. The van der Waals surface area contributed by atoms with Gasteiger partial charge in [-0.2, -0.15) is 0 Å². The second-order valence-electron chi connectivity index (χ2n) is 5.64. The standard InChI is InChI=1S/C19H17ClN2O3S/c20-13-8-10-14(11-9-13)21-17(23)12-25-19(24)7-3-6-18-22-15-4-1-2-5-16(15)26-18/h1-2,4-5,8-11H,3,6-7,12H2,(H,21,23). The number of aromatic nitrogens is 1. The van der Waals surface area contributed by atoms with Crippen molar-refractivity contribution < 1.29 is 14.3 Å². The third kappa shape index (κ3) is 5.28. The van der Waals surface area contributed by atoms with Crippen LogP contribution in [0.2, 0.25) is 5.02 Å². The normalized spacial score (nSPS) is 10.7. The first-order valence-electron chi connectivity index (χ1n) is 8.15. The fourth-order valence-corrected chi connectivity index (χ4v) is 3.49. The number of ether oxygens (including phenoxy) is 1. The lowest BCUT2D eigenvalue weighted by Gasteiger charge is -2.06. The van der Waals surface area contributed by atoms with Gasteiger partial charge in [0.05, 0.1) is 15.2 Å². The van der Waals surface area contributed by atoms with Crippen LogP contribution >= 0.6 is 22.9 Å². The predicted octanol–water partition coefficient (Wildman–Crippen LogP) is 4.45. The first-order chi connectivity index (χ1) is 12.6. The highest BCUT2D eigenvalue weighted by Crippen LogP contribution is 2.22. The lowest BCUT2D eigenvalue weighted by molar-refractivity contribution is -0.147. The van der Waals surface area contributed by atoms with Crippen molar-refractivity contribution in [3.8, 4) is 0 Å². The van der Waals surface area contributed by atoms with Crippen molar-refractivity contribution in [2.45, 2.75) is 19.3 Å². The third-order valence-electron chi connectivity index (χ3n) is 3.60. The van der Waals surface area contributed by atoms with Gasteiger partial charge in [-0.1, -0.05) is 23.7 Å². The van der Waals surface area contributed by atoms with Gasteiger partial charge >= 0.3 is 5.97 Å². The number of nitrogens with one attached hydrogen (secondary N) is 1. The summed E-state index contributed by atoms with van der Waals surface area (Å²) in [5, 5.41) is 4.22. The SMILES string of the molecule is O=C(COC(=O)CCCc1nc2ccccc2s1)Nc1ccc(Cl)cc1. The minimum Gasteiger partial charge on any atom is -0.456 e. The van der Waals surface area contributed by atoms with Crippen molar-refractivity contribution in [3.63, 3.8) is 0 Å². The van der Waals surface area contributed by atoms with Gasteiger partial charge < -0.3 is 10.1 Å². The average Bonchev–Trinajstić information content (AvgIpc) is 3.05. The summed E-state index contributed by atoms with van der Waals surface area (Å²) in [5.74, 6) is -0.774. The molecule has 0 fully saturated rings. The summed E-state index contributed by atoms with van der Waals surface area (Å²) in [5.41, 5.74) is 1.58. The van der Waals surface area contributed by atoms with Crippen LogP contribution in [0.4, 0.5) is 5.69 Å². The molecule has 1 amide bonds. The molecule has 2 aromatic carbocycles. The molecule has 7 heteroatoms. The molecule has 1 N–H and O–H groups in total. The number of para-hydroxylation sites is 1. The van der Waals surface area contributed by atoms with E-state index in [1.807, 2.05) is 24.3 Å². The van der Waals surface area contributed by atoms with Crippen molar-refractivity contribution in [1.29, 1.82) is 0 Å². The number of hydrogen-bond donors (Lipinski definition) is 1. The third-order valence-corrected chi connectivity index (χ3v) is 4.95. The van der Waals surface area contributed by atoms with Gasteiger partial charge in [-0.05, 0) is 49.2 Å². The maximum atomic E-state index is 11.8. The van der Waals surface area contributed by atoms with Gasteiger partial charge in [-0.3, -0.25) is 9.59 Å². The van der Waals surface area contributed by atoms with Gasteiger partial charge in [0.15, 0.2) is 6.61 Å². The minimum absolute atomic E-state index is 0.254. The number of thiazole rings is 1. The molecule has 5 nitrogen and oxygen atoms in total. The maximum Gasteiger partial charge on any atom is 0.306 e. The van der Waals surface area contributed by atoms with Gasteiger partial charge in [-0.25, -0.2) is 4.98 Å². The molecule has 1 heterocycles. The highest BCUT2D eigenvalue weighted by molar-refractivity contribution is 7.18. The van der Waals surface area contributed by atoms with Crippen LogP contribution in [0.3, 0.4) is 0 Å². The first-order valence-corrected chi connectivity index (χ1v) is 9.35. The van der Waals surface area contributed by atoms with Gasteiger partial charge in [0.25, 0.3) is 5.91 Å². The molecule has 0 atom stereocenters. The summed E-state index contributed by atoms with van der Waals surface area (Å²) >= 11 is 7.41. The molecular weight excluding hydrogens is 372 g/mol. The number of fused-ring (bicyclic) bond motifs is 1. The monoisotopic (exact) mass is 388 g/mol. The van der Waals surface area contributed by atoms with Crippen molar-refractivity contribution >= 4 is 50.7 Å². The smallest absolute Gasteiger partial charge is 0.306 e. The average molecular weight is 389 g/mol. The van der Waals surface area contributed by atoms with E-state index >= 15 is 0 Å². The van der Waals surface area contributed by atoms with E-state index in [0.717, 1.165) is 15.2 Å². The number of carbonyl (C=O) groups excluding carboxylic acids is 2. The van der Waals surface area contributed by atoms with E-state index in [0.29, 0.717) is 23.6 Å². The molecular formula is C19H17ClN2O3S. The van der Waals surface area contributed by atoms with E-state index in [9.17, 15) is 9.59 Å². The minimum atomic E-state index is -0.391. The van der Waals surface area contributed by atoms with Gasteiger partial charge in [-0.15, -0.1) is 11.3 Å². The van der Waals surface area contributed by atoms with Crippen molar-refractivity contribution in [2.24, 2.45) is 0 Å². The molecule has 0 saturated carbocycles. The van der Waals surface area contributed by atoms with Gasteiger partial charge in [0.1, 0.15) is 0 Å². The van der Waals surface area contributed by atoms with E-state index in [4.69, 9.17) is 16.3 Å². The van der Waals surface area contributed by atoms with Crippen LogP contribution < -0.4 is 5.32 Å². The summed E-state index contributed by atoms with van der Waals surface area (Å²) in [7, 11) is 0. The molecule has 0 saturated heterocycles. The second kappa shape index (κ2) is 8.78. The molecule has 0 bridgehead atoms. The van der Waals surface area contributed by atoms with Crippen LogP contribution in [0.25, 0.3) is 10.2 Å². The molecule has 0 aliphatic carbocycles. The fraction of sp³-hybridized carbons (Fsp3) is 0.211. The van der Waals surface area contributed by atoms with Crippen molar-refractivity contribution in [2.75, 3.05) is 11.9 Å².